The minimum Gasteiger partial charge on any atom is -0.457 e. The zero-order valence-corrected chi connectivity index (χ0v) is 12.7. The average Bonchev–Trinajstić information content (AvgIpc) is 2.69. The average molecular weight is 303 g/mol. The molecule has 0 spiro atoms. The Kier molecular flexibility index (Phi) is 3.60. The third-order valence-electron chi connectivity index (χ3n) is 5.79. The second-order valence-electron chi connectivity index (χ2n) is 6.80. The number of ketones is 1. The van der Waals surface area contributed by atoms with Gasteiger partial charge >= 0.3 is 5.97 Å². The standard InChI is InChI=1S/C17H21NO4/c1-16-12(8-9-18-2)13(19)10-17(16,15(21)22-16)14(20)11-6-4-3-5-7-11/h4,6,11-12,14,20H,3,5,7-10H2,1H3/t11-,12+,14+,16+,17-/m1/s1. The van der Waals surface area contributed by atoms with Gasteiger partial charge in [-0.3, -0.25) is 9.59 Å². The summed E-state index contributed by atoms with van der Waals surface area (Å²) in [6, 6.07) is 0. The van der Waals surface area contributed by atoms with Gasteiger partial charge in [0.1, 0.15) is 16.8 Å². The lowest BCUT2D eigenvalue weighted by atomic mass is 9.60. The molecule has 118 valence electrons. The van der Waals surface area contributed by atoms with Gasteiger partial charge < -0.3 is 14.7 Å². The van der Waals surface area contributed by atoms with Crippen LogP contribution in [-0.4, -0.2) is 35.1 Å². The van der Waals surface area contributed by atoms with Gasteiger partial charge in [0.25, 0.3) is 0 Å². The van der Waals surface area contributed by atoms with Crippen LogP contribution in [0.25, 0.3) is 4.85 Å². The Morgan fingerprint density at radius 1 is 1.55 bits per heavy atom. The first kappa shape index (κ1) is 15.2. The highest BCUT2D eigenvalue weighted by atomic mass is 16.6. The number of aliphatic hydroxyl groups is 1. The SMILES string of the molecule is [C-]#[N+]CC[C@H]1C(=O)C[C@@]2([C@@H](O)[C@@H]3C=CCCC3)C(=O)O[C@@]12C. The fourth-order valence-corrected chi connectivity index (χ4v) is 4.48. The Morgan fingerprint density at radius 2 is 2.32 bits per heavy atom. The van der Waals surface area contributed by atoms with E-state index in [1.165, 1.54) is 0 Å². The van der Waals surface area contributed by atoms with Crippen LogP contribution < -0.4 is 0 Å². The van der Waals surface area contributed by atoms with Crippen LogP contribution in [0.4, 0.5) is 0 Å². The zero-order chi connectivity index (χ0) is 16.0. The van der Waals surface area contributed by atoms with Crippen LogP contribution in [0.1, 0.15) is 39.0 Å². The van der Waals surface area contributed by atoms with E-state index in [9.17, 15) is 14.7 Å². The molecule has 22 heavy (non-hydrogen) atoms. The smallest absolute Gasteiger partial charge is 0.319 e. The quantitative estimate of drug-likeness (QED) is 0.489. The molecule has 2 fully saturated rings. The van der Waals surface area contributed by atoms with E-state index in [1.54, 1.807) is 6.92 Å². The Hall–Kier alpha value is -1.67. The van der Waals surface area contributed by atoms with Gasteiger partial charge in [-0.05, 0) is 26.2 Å². The summed E-state index contributed by atoms with van der Waals surface area (Å²) in [4.78, 5) is 28.0. The van der Waals surface area contributed by atoms with Crippen LogP contribution >= 0.6 is 0 Å². The Balaban J connectivity index is 1.92. The number of ether oxygens (including phenoxy) is 1. The van der Waals surface area contributed by atoms with Crippen molar-refractivity contribution in [1.82, 2.24) is 0 Å². The summed E-state index contributed by atoms with van der Waals surface area (Å²) in [6.07, 6.45) is 6.33. The largest absolute Gasteiger partial charge is 0.457 e. The Morgan fingerprint density at radius 3 is 2.91 bits per heavy atom. The summed E-state index contributed by atoms with van der Waals surface area (Å²) >= 11 is 0. The summed E-state index contributed by atoms with van der Waals surface area (Å²) in [7, 11) is 0. The fraction of sp³-hybridized carbons (Fsp3) is 0.706. The van der Waals surface area contributed by atoms with Gasteiger partial charge in [-0.2, -0.15) is 0 Å². The molecule has 0 aromatic rings. The number of esters is 1. The van der Waals surface area contributed by atoms with E-state index in [2.05, 4.69) is 4.85 Å². The first-order chi connectivity index (χ1) is 10.5. The van der Waals surface area contributed by atoms with E-state index in [-0.39, 0.29) is 24.7 Å². The van der Waals surface area contributed by atoms with Crippen molar-refractivity contribution in [2.24, 2.45) is 17.3 Å². The summed E-state index contributed by atoms with van der Waals surface area (Å²) in [5.74, 6) is -1.09. The third-order valence-corrected chi connectivity index (χ3v) is 5.79. The number of Topliss-reactive ketones (excluding diaryl/α,β-unsaturated/α-hetero) is 1. The molecule has 5 nitrogen and oxygen atoms in total. The minimum atomic E-state index is -1.12. The number of carbonyl (C=O) groups excluding carboxylic acids is 2. The molecule has 0 aromatic heterocycles. The molecule has 0 amide bonds. The zero-order valence-electron chi connectivity index (χ0n) is 12.7. The van der Waals surface area contributed by atoms with Crippen molar-refractivity contribution in [3.8, 4) is 0 Å². The number of nitrogens with zero attached hydrogens (tertiary/aromatic N) is 1. The van der Waals surface area contributed by atoms with Crippen molar-refractivity contribution in [1.29, 1.82) is 0 Å². The molecular formula is C17H21NO4. The summed E-state index contributed by atoms with van der Waals surface area (Å²) in [5.41, 5.74) is -2.08. The molecule has 1 heterocycles. The first-order valence-corrected chi connectivity index (χ1v) is 7.91. The monoisotopic (exact) mass is 303 g/mol. The molecule has 2 aliphatic carbocycles. The molecule has 5 heteroatoms. The number of hydrogen-bond acceptors (Lipinski definition) is 4. The van der Waals surface area contributed by atoms with E-state index in [0.717, 1.165) is 19.3 Å². The van der Waals surface area contributed by atoms with Gasteiger partial charge in [-0.25, -0.2) is 6.57 Å². The predicted molar refractivity (Wildman–Crippen MR) is 78.6 cm³/mol. The number of allylic oxidation sites excluding steroid dienone is 1. The maximum Gasteiger partial charge on any atom is 0.319 e. The maximum atomic E-state index is 12.4. The fourth-order valence-electron chi connectivity index (χ4n) is 4.48. The third kappa shape index (κ3) is 1.80. The lowest BCUT2D eigenvalue weighted by Crippen LogP contribution is -2.70. The van der Waals surface area contributed by atoms with E-state index < -0.39 is 29.0 Å². The molecule has 0 unspecified atom stereocenters. The van der Waals surface area contributed by atoms with Crippen LogP contribution in [0.2, 0.25) is 0 Å². The van der Waals surface area contributed by atoms with E-state index >= 15 is 0 Å². The molecule has 3 rings (SSSR count). The second kappa shape index (κ2) is 5.20. The Bertz CT molecular complexity index is 578. The number of carbonyl (C=O) groups is 2. The number of aliphatic hydroxyl groups excluding tert-OH is 1. The topological polar surface area (TPSA) is 68.0 Å². The molecule has 3 aliphatic rings. The van der Waals surface area contributed by atoms with Crippen molar-refractivity contribution in [2.45, 2.75) is 50.7 Å². The molecule has 1 saturated carbocycles. The highest BCUT2D eigenvalue weighted by molar-refractivity contribution is 6.00. The van der Waals surface area contributed by atoms with E-state index in [0.29, 0.717) is 6.42 Å². The number of fused-ring (bicyclic) bond motifs is 1. The molecule has 1 aliphatic heterocycles. The lowest BCUT2D eigenvalue weighted by Gasteiger charge is -2.55. The van der Waals surface area contributed by atoms with E-state index in [4.69, 9.17) is 11.3 Å². The second-order valence-corrected chi connectivity index (χ2v) is 6.80. The van der Waals surface area contributed by atoms with Gasteiger partial charge in [0.2, 0.25) is 6.54 Å². The van der Waals surface area contributed by atoms with Crippen molar-refractivity contribution in [3.63, 3.8) is 0 Å². The predicted octanol–water partition coefficient (Wildman–Crippen LogP) is 1.90. The van der Waals surface area contributed by atoms with Gasteiger partial charge in [0.05, 0.1) is 12.0 Å². The normalized spacial score (nSPS) is 41.3. The number of hydrogen-bond donors (Lipinski definition) is 1. The highest BCUT2D eigenvalue weighted by Crippen LogP contribution is 2.62. The van der Waals surface area contributed by atoms with Crippen LogP contribution in [-0.2, 0) is 14.3 Å². The highest BCUT2D eigenvalue weighted by Gasteiger charge is 2.78. The molecule has 1 saturated heterocycles. The van der Waals surface area contributed by atoms with Crippen LogP contribution in [0.15, 0.2) is 12.2 Å². The van der Waals surface area contributed by atoms with Crippen LogP contribution in [0.3, 0.4) is 0 Å². The summed E-state index contributed by atoms with van der Waals surface area (Å²) < 4.78 is 5.40. The van der Waals surface area contributed by atoms with Crippen LogP contribution in [0.5, 0.6) is 0 Å². The summed E-state index contributed by atoms with van der Waals surface area (Å²) in [6.45, 7) is 8.90. The lowest BCUT2D eigenvalue weighted by molar-refractivity contribution is -0.262. The van der Waals surface area contributed by atoms with Gasteiger partial charge in [0, 0.05) is 18.8 Å². The van der Waals surface area contributed by atoms with Crippen LogP contribution in [0, 0.1) is 23.8 Å². The molecule has 0 radical (unpaired) electrons. The van der Waals surface area contributed by atoms with Crippen molar-refractivity contribution >= 4 is 11.8 Å². The van der Waals surface area contributed by atoms with Gasteiger partial charge in [0.15, 0.2) is 0 Å². The van der Waals surface area contributed by atoms with E-state index in [1.807, 2.05) is 12.2 Å². The molecule has 1 N–H and O–H groups in total. The molecule has 0 bridgehead atoms. The van der Waals surface area contributed by atoms with Gasteiger partial charge in [-0.15, -0.1) is 0 Å². The maximum absolute atomic E-state index is 12.4. The Labute approximate surface area is 130 Å². The van der Waals surface area contributed by atoms with Gasteiger partial charge in [-0.1, -0.05) is 12.2 Å². The van der Waals surface area contributed by atoms with Crippen molar-refractivity contribution in [3.05, 3.63) is 23.6 Å². The number of rotatable bonds is 4. The van der Waals surface area contributed by atoms with Crippen molar-refractivity contribution in [2.75, 3.05) is 6.54 Å². The summed E-state index contributed by atoms with van der Waals surface area (Å²) in [5, 5.41) is 10.9. The molecule has 5 atom stereocenters. The molecular weight excluding hydrogens is 282 g/mol. The molecule has 0 aromatic carbocycles. The van der Waals surface area contributed by atoms with Crippen molar-refractivity contribution < 1.29 is 19.4 Å². The minimum absolute atomic E-state index is 0.0382. The first-order valence-electron chi connectivity index (χ1n) is 7.91.